The maximum Gasteiger partial charge on any atom is -0.00296 e. The Morgan fingerprint density at radius 3 is 1.57 bits per heavy atom. The van der Waals surface area contributed by atoms with E-state index in [-0.39, 0.29) is 0 Å². The van der Waals surface area contributed by atoms with Crippen molar-refractivity contribution in [3.63, 3.8) is 0 Å². The van der Waals surface area contributed by atoms with Crippen LogP contribution in [0.25, 0.3) is 0 Å². The summed E-state index contributed by atoms with van der Waals surface area (Å²) in [6.07, 6.45) is 2.64. The third kappa shape index (κ3) is 92.3. The van der Waals surface area contributed by atoms with E-state index < -0.39 is 0 Å². The maximum atomic E-state index is 4.76. The second kappa shape index (κ2) is 16.6. The summed E-state index contributed by atoms with van der Waals surface area (Å²) in [5.41, 5.74) is 1.22. The zero-order valence-corrected chi connectivity index (χ0v) is 5.83. The average Bonchev–Trinajstić information content (AvgIpc) is 1.69. The summed E-state index contributed by atoms with van der Waals surface area (Å²) in [4.78, 5) is 0. The molecule has 0 bridgehead atoms. The van der Waals surface area contributed by atoms with Crippen molar-refractivity contribution in [2.45, 2.75) is 26.7 Å². The largest absolute Gasteiger partial charge is 0.0936 e. The fraction of sp³-hybridized carbons (Fsp3) is 0.667. The van der Waals surface area contributed by atoms with Crippen molar-refractivity contribution >= 4 is 11.6 Å². The molecule has 0 aromatic heterocycles. The second-order valence-corrected chi connectivity index (χ2v) is 1.46. The quantitative estimate of drug-likeness (QED) is 0.499. The first-order valence-corrected chi connectivity index (χ1v) is 2.98. The van der Waals surface area contributed by atoms with Crippen LogP contribution in [0.5, 0.6) is 0 Å². The number of halogens is 1. The molecule has 44 valence electrons. The van der Waals surface area contributed by atoms with Gasteiger partial charge in [0.2, 0.25) is 0 Å². The number of rotatable bonds is 1. The number of hydrogen-bond acceptors (Lipinski definition) is 0. The summed E-state index contributed by atoms with van der Waals surface area (Å²) >= 11 is 4.76. The van der Waals surface area contributed by atoms with Gasteiger partial charge in [0.05, 0.1) is 0 Å². The molecule has 0 amide bonds. The van der Waals surface area contributed by atoms with Crippen molar-refractivity contribution in [3.8, 4) is 0 Å². The van der Waals surface area contributed by atoms with Crippen LogP contribution in [-0.4, -0.2) is 0 Å². The Morgan fingerprint density at radius 2 is 1.57 bits per heavy atom. The molecule has 0 aliphatic carbocycles. The second-order valence-electron chi connectivity index (χ2n) is 1.15. The number of unbranched alkanes of at least 4 members (excludes halogenated alkanes) is 1. The normalized spacial score (nSPS) is 6.14. The lowest BCUT2D eigenvalue weighted by molar-refractivity contribution is 0.886. The fourth-order valence-corrected chi connectivity index (χ4v) is 0. The summed E-state index contributed by atoms with van der Waals surface area (Å²) in [6, 6.07) is 0. The van der Waals surface area contributed by atoms with Crippen molar-refractivity contribution in [2.75, 3.05) is 0 Å². The van der Waals surface area contributed by atoms with E-state index in [4.69, 9.17) is 11.6 Å². The molecule has 0 aliphatic rings. The van der Waals surface area contributed by atoms with Gasteiger partial charge in [-0.25, -0.2) is 0 Å². The maximum absolute atomic E-state index is 4.76. The molecule has 0 aromatic carbocycles. The van der Waals surface area contributed by atoms with Gasteiger partial charge in [-0.3, -0.25) is 0 Å². The van der Waals surface area contributed by atoms with Gasteiger partial charge in [0.1, 0.15) is 0 Å². The Hall–Kier alpha value is 0.0300. The molecule has 0 atom stereocenters. The van der Waals surface area contributed by atoms with Crippen LogP contribution in [0.1, 0.15) is 26.7 Å². The summed E-state index contributed by atoms with van der Waals surface area (Å²) in [5.74, 6) is 0. The van der Waals surface area contributed by atoms with Crippen molar-refractivity contribution in [1.82, 2.24) is 0 Å². The highest BCUT2D eigenvalue weighted by Gasteiger charge is 1.56. The minimum atomic E-state index is 1.22. The standard InChI is InChI=1S/C4H10.C2H3Cl/c1-3-4-2;1-2-3/h3-4H2,1-2H3;2H,1H2. The van der Waals surface area contributed by atoms with Crippen molar-refractivity contribution in [1.29, 1.82) is 0 Å². The molecule has 0 rings (SSSR count). The lowest BCUT2D eigenvalue weighted by Crippen LogP contribution is -1.47. The first kappa shape index (κ1) is 10.1. The third-order valence-corrected chi connectivity index (χ3v) is 0.500. The predicted octanol–water partition coefficient (Wildman–Crippen LogP) is 3.18. The first-order chi connectivity index (χ1) is 3.33. The molecule has 0 saturated heterocycles. The molecular weight excluding hydrogens is 108 g/mol. The Labute approximate surface area is 51.2 Å². The molecule has 0 saturated carbocycles. The van der Waals surface area contributed by atoms with E-state index in [2.05, 4.69) is 20.4 Å². The molecule has 0 nitrogen and oxygen atoms in total. The van der Waals surface area contributed by atoms with Gasteiger partial charge >= 0.3 is 0 Å². The van der Waals surface area contributed by atoms with Crippen LogP contribution < -0.4 is 0 Å². The molecule has 0 N–H and O–H groups in total. The minimum Gasteiger partial charge on any atom is -0.0936 e. The van der Waals surface area contributed by atoms with E-state index in [1.165, 1.54) is 18.4 Å². The summed E-state index contributed by atoms with van der Waals surface area (Å²) in [5, 5.41) is 0. The zero-order valence-electron chi connectivity index (χ0n) is 5.08. The van der Waals surface area contributed by atoms with Crippen molar-refractivity contribution in [3.05, 3.63) is 12.1 Å². The van der Waals surface area contributed by atoms with Gasteiger partial charge < -0.3 is 0 Å². The fourth-order valence-electron chi connectivity index (χ4n) is 0. The highest BCUT2D eigenvalue weighted by Crippen LogP contribution is 1.76. The molecule has 7 heavy (non-hydrogen) atoms. The molecule has 0 aromatic rings. The lowest BCUT2D eigenvalue weighted by Gasteiger charge is -1.68. The van der Waals surface area contributed by atoms with Crippen LogP contribution in [0.15, 0.2) is 12.1 Å². The molecular formula is C6H13Cl. The highest BCUT2D eigenvalue weighted by atomic mass is 35.5. The van der Waals surface area contributed by atoms with Gasteiger partial charge in [0.25, 0.3) is 0 Å². The Kier molecular flexibility index (Phi) is 24.0. The van der Waals surface area contributed by atoms with Gasteiger partial charge in [-0.15, -0.1) is 0 Å². The highest BCUT2D eigenvalue weighted by molar-refractivity contribution is 6.25. The van der Waals surface area contributed by atoms with Gasteiger partial charge in [-0.05, 0) is 5.54 Å². The first-order valence-electron chi connectivity index (χ1n) is 2.54. The number of hydrogen-bond donors (Lipinski definition) is 0. The molecule has 0 radical (unpaired) electrons. The summed E-state index contributed by atoms with van der Waals surface area (Å²) < 4.78 is 0. The van der Waals surface area contributed by atoms with E-state index >= 15 is 0 Å². The molecule has 0 spiro atoms. The third-order valence-electron chi connectivity index (χ3n) is 0.500. The summed E-state index contributed by atoms with van der Waals surface area (Å²) in [7, 11) is 0. The van der Waals surface area contributed by atoms with Crippen molar-refractivity contribution < 1.29 is 0 Å². The SMILES string of the molecule is C=CCl.CCCC. The Bertz CT molecular complexity index is 23.4. The van der Waals surface area contributed by atoms with Crippen LogP contribution in [0.2, 0.25) is 0 Å². The molecule has 0 heterocycles. The van der Waals surface area contributed by atoms with Gasteiger partial charge in [0.15, 0.2) is 0 Å². The lowest BCUT2D eigenvalue weighted by atomic mass is 10.4. The van der Waals surface area contributed by atoms with Gasteiger partial charge in [-0.2, -0.15) is 0 Å². The van der Waals surface area contributed by atoms with Gasteiger partial charge in [-0.1, -0.05) is 44.9 Å². The van der Waals surface area contributed by atoms with E-state index in [1.807, 2.05) is 0 Å². The van der Waals surface area contributed by atoms with Crippen LogP contribution in [-0.2, 0) is 0 Å². The topological polar surface area (TPSA) is 0 Å². The molecule has 1 heteroatoms. The molecule has 0 aliphatic heterocycles. The monoisotopic (exact) mass is 120 g/mol. The van der Waals surface area contributed by atoms with E-state index in [0.29, 0.717) is 0 Å². The van der Waals surface area contributed by atoms with E-state index in [1.54, 1.807) is 0 Å². The summed E-state index contributed by atoms with van der Waals surface area (Å²) in [6.45, 7) is 7.49. The predicted molar refractivity (Wildman–Crippen MR) is 36.6 cm³/mol. The zero-order chi connectivity index (χ0) is 6.12. The smallest absolute Gasteiger partial charge is 0.00296 e. The average molecular weight is 121 g/mol. The Balaban J connectivity index is 0. The van der Waals surface area contributed by atoms with Crippen LogP contribution in [0, 0.1) is 0 Å². The van der Waals surface area contributed by atoms with Crippen LogP contribution in [0.3, 0.4) is 0 Å². The van der Waals surface area contributed by atoms with Crippen LogP contribution >= 0.6 is 11.6 Å². The van der Waals surface area contributed by atoms with E-state index in [9.17, 15) is 0 Å². The Morgan fingerprint density at radius 1 is 1.43 bits per heavy atom. The van der Waals surface area contributed by atoms with Crippen molar-refractivity contribution in [2.24, 2.45) is 0 Å². The minimum absolute atomic E-state index is 1.22. The molecule has 0 fully saturated rings. The van der Waals surface area contributed by atoms with Crippen LogP contribution in [0.4, 0.5) is 0 Å². The molecule has 0 unspecified atom stereocenters. The van der Waals surface area contributed by atoms with Gasteiger partial charge in [0, 0.05) is 0 Å². The van der Waals surface area contributed by atoms with E-state index in [0.717, 1.165) is 0 Å².